The number of sulfonamides is 1. The molecule has 0 bridgehead atoms. The van der Waals surface area contributed by atoms with E-state index in [9.17, 15) is 13.2 Å². The largest absolute Gasteiger partial charge is 0.349 e. The molecule has 2 aromatic rings. The van der Waals surface area contributed by atoms with Gasteiger partial charge in [-0.25, -0.2) is 18.4 Å². The molecular formula is C19H23N5O3S. The van der Waals surface area contributed by atoms with Gasteiger partial charge in [-0.3, -0.25) is 9.10 Å². The monoisotopic (exact) mass is 401 g/mol. The van der Waals surface area contributed by atoms with Gasteiger partial charge in [0, 0.05) is 43.6 Å². The average Bonchev–Trinajstić information content (AvgIpc) is 3.13. The first kappa shape index (κ1) is 18.7. The number of hydrogen-bond acceptors (Lipinski definition) is 6. The molecule has 1 aromatic carbocycles. The van der Waals surface area contributed by atoms with Crippen LogP contribution < -0.4 is 14.5 Å². The maximum absolute atomic E-state index is 12.7. The van der Waals surface area contributed by atoms with E-state index in [1.54, 1.807) is 30.6 Å². The number of fused-ring (bicyclic) bond motifs is 1. The minimum Gasteiger partial charge on any atom is -0.349 e. The highest BCUT2D eigenvalue weighted by Crippen LogP contribution is 2.30. The number of benzene rings is 1. The molecule has 3 heterocycles. The van der Waals surface area contributed by atoms with Gasteiger partial charge in [-0.2, -0.15) is 0 Å². The number of carbonyl (C=O) groups is 1. The third kappa shape index (κ3) is 3.80. The van der Waals surface area contributed by atoms with Crippen LogP contribution in [0.4, 0.5) is 11.6 Å². The van der Waals surface area contributed by atoms with E-state index in [1.807, 2.05) is 6.07 Å². The zero-order chi connectivity index (χ0) is 19.7. The predicted octanol–water partition coefficient (Wildman–Crippen LogP) is 1.20. The maximum atomic E-state index is 12.7. The summed E-state index contributed by atoms with van der Waals surface area (Å²) in [7, 11) is -3.28. The Bertz CT molecular complexity index is 972. The van der Waals surface area contributed by atoms with Gasteiger partial charge < -0.3 is 10.2 Å². The lowest BCUT2D eigenvalue weighted by molar-refractivity contribution is 0.0931. The summed E-state index contributed by atoms with van der Waals surface area (Å²) in [6, 6.07) is 7.14. The van der Waals surface area contributed by atoms with E-state index in [1.165, 1.54) is 10.6 Å². The SMILES string of the molecule is CS(=O)(=O)N1CCc2cc(C(=O)NC3CCN(c4ncccn4)CC3)ccc21. The molecule has 148 valence electrons. The lowest BCUT2D eigenvalue weighted by Gasteiger charge is -2.32. The van der Waals surface area contributed by atoms with Crippen molar-refractivity contribution in [3.63, 3.8) is 0 Å². The van der Waals surface area contributed by atoms with Crippen molar-refractivity contribution in [1.29, 1.82) is 0 Å². The first-order chi connectivity index (χ1) is 13.4. The number of nitrogens with zero attached hydrogens (tertiary/aromatic N) is 4. The van der Waals surface area contributed by atoms with E-state index in [2.05, 4.69) is 20.2 Å². The highest BCUT2D eigenvalue weighted by atomic mass is 32.2. The summed E-state index contributed by atoms with van der Waals surface area (Å²) in [6.07, 6.45) is 6.95. The zero-order valence-corrected chi connectivity index (χ0v) is 16.5. The molecule has 4 rings (SSSR count). The maximum Gasteiger partial charge on any atom is 0.251 e. The van der Waals surface area contributed by atoms with Crippen LogP contribution in [0, 0.1) is 0 Å². The molecule has 1 N–H and O–H groups in total. The Morgan fingerprint density at radius 3 is 2.54 bits per heavy atom. The Morgan fingerprint density at radius 2 is 1.86 bits per heavy atom. The first-order valence-electron chi connectivity index (χ1n) is 9.35. The summed E-state index contributed by atoms with van der Waals surface area (Å²) < 4.78 is 25.1. The van der Waals surface area contributed by atoms with Gasteiger partial charge in [0.25, 0.3) is 5.91 Å². The number of nitrogens with one attached hydrogen (secondary N) is 1. The highest BCUT2D eigenvalue weighted by molar-refractivity contribution is 7.92. The fourth-order valence-electron chi connectivity index (χ4n) is 3.80. The molecule has 1 fully saturated rings. The summed E-state index contributed by atoms with van der Waals surface area (Å²) in [5, 5.41) is 3.10. The second-order valence-electron chi connectivity index (χ2n) is 7.21. The van der Waals surface area contributed by atoms with Crippen LogP contribution in [0.2, 0.25) is 0 Å². The third-order valence-electron chi connectivity index (χ3n) is 5.26. The van der Waals surface area contributed by atoms with Crippen LogP contribution in [0.25, 0.3) is 0 Å². The molecule has 0 unspecified atom stereocenters. The van der Waals surface area contributed by atoms with Crippen LogP contribution in [-0.2, 0) is 16.4 Å². The lowest BCUT2D eigenvalue weighted by atomic mass is 10.0. The minimum atomic E-state index is -3.28. The van der Waals surface area contributed by atoms with Crippen molar-refractivity contribution in [3.05, 3.63) is 47.8 Å². The van der Waals surface area contributed by atoms with Crippen LogP contribution >= 0.6 is 0 Å². The minimum absolute atomic E-state index is 0.105. The normalized spacial score (nSPS) is 17.5. The van der Waals surface area contributed by atoms with Crippen LogP contribution in [0.15, 0.2) is 36.7 Å². The Labute approximate surface area is 164 Å². The standard InChI is InChI=1S/C19H23N5O3S/c1-28(26,27)24-12-5-14-13-15(3-4-17(14)24)18(25)22-16-6-10-23(11-7-16)19-20-8-2-9-21-19/h2-4,8-9,13,16H,5-7,10-12H2,1H3,(H,22,25). The fraction of sp³-hybridized carbons (Fsp3) is 0.421. The van der Waals surface area contributed by atoms with Gasteiger partial charge in [0.1, 0.15) is 0 Å². The third-order valence-corrected chi connectivity index (χ3v) is 6.44. The van der Waals surface area contributed by atoms with Crippen molar-refractivity contribution >= 4 is 27.6 Å². The molecule has 1 saturated heterocycles. The molecule has 0 aliphatic carbocycles. The Balaban J connectivity index is 1.38. The van der Waals surface area contributed by atoms with Crippen molar-refractivity contribution in [3.8, 4) is 0 Å². The number of hydrogen-bond donors (Lipinski definition) is 1. The Kier molecular flexibility index (Phi) is 4.92. The van der Waals surface area contributed by atoms with Gasteiger partial charge in [0.05, 0.1) is 11.9 Å². The van der Waals surface area contributed by atoms with Gasteiger partial charge in [-0.1, -0.05) is 0 Å². The summed E-state index contributed by atoms with van der Waals surface area (Å²) >= 11 is 0. The molecule has 2 aliphatic rings. The van der Waals surface area contributed by atoms with Crippen LogP contribution in [0.1, 0.15) is 28.8 Å². The summed E-state index contributed by atoms with van der Waals surface area (Å²) in [6.45, 7) is 2.02. The van der Waals surface area contributed by atoms with Crippen molar-refractivity contribution < 1.29 is 13.2 Å². The van der Waals surface area contributed by atoms with Crippen molar-refractivity contribution in [2.75, 3.05) is 35.1 Å². The highest BCUT2D eigenvalue weighted by Gasteiger charge is 2.27. The second-order valence-corrected chi connectivity index (χ2v) is 9.12. The molecule has 1 amide bonds. The molecule has 2 aliphatic heterocycles. The fourth-order valence-corrected chi connectivity index (χ4v) is 4.76. The molecular weight excluding hydrogens is 378 g/mol. The van der Waals surface area contributed by atoms with E-state index in [-0.39, 0.29) is 11.9 Å². The number of piperidine rings is 1. The van der Waals surface area contributed by atoms with Gasteiger partial charge in [-0.05, 0) is 49.1 Å². The van der Waals surface area contributed by atoms with E-state index in [0.717, 1.165) is 37.4 Å². The molecule has 8 nitrogen and oxygen atoms in total. The smallest absolute Gasteiger partial charge is 0.251 e. The molecule has 1 aromatic heterocycles. The quantitative estimate of drug-likeness (QED) is 0.827. The molecule has 0 atom stereocenters. The van der Waals surface area contributed by atoms with Gasteiger partial charge in [-0.15, -0.1) is 0 Å². The summed E-state index contributed by atoms with van der Waals surface area (Å²) in [5.41, 5.74) is 2.15. The lowest BCUT2D eigenvalue weighted by Crippen LogP contribution is -2.45. The second kappa shape index (κ2) is 7.38. The zero-order valence-electron chi connectivity index (χ0n) is 15.7. The van der Waals surface area contributed by atoms with Crippen LogP contribution in [-0.4, -0.2) is 56.2 Å². The van der Waals surface area contributed by atoms with Crippen molar-refractivity contribution in [1.82, 2.24) is 15.3 Å². The molecule has 0 radical (unpaired) electrons. The van der Waals surface area contributed by atoms with Crippen LogP contribution in [0.5, 0.6) is 0 Å². The molecule has 0 spiro atoms. The summed E-state index contributed by atoms with van der Waals surface area (Å²) in [5.74, 6) is 0.608. The van der Waals surface area contributed by atoms with Crippen LogP contribution in [0.3, 0.4) is 0 Å². The van der Waals surface area contributed by atoms with Crippen molar-refractivity contribution in [2.24, 2.45) is 0 Å². The van der Waals surface area contributed by atoms with E-state index >= 15 is 0 Å². The number of rotatable bonds is 4. The number of amides is 1. The van der Waals surface area contributed by atoms with Gasteiger partial charge in [0.2, 0.25) is 16.0 Å². The van der Waals surface area contributed by atoms with Crippen molar-refractivity contribution in [2.45, 2.75) is 25.3 Å². The topological polar surface area (TPSA) is 95.5 Å². The van der Waals surface area contributed by atoms with Gasteiger partial charge in [0.15, 0.2) is 0 Å². The number of anilines is 2. The van der Waals surface area contributed by atoms with E-state index < -0.39 is 10.0 Å². The number of aromatic nitrogens is 2. The Hall–Kier alpha value is -2.68. The van der Waals surface area contributed by atoms with E-state index in [4.69, 9.17) is 0 Å². The summed E-state index contributed by atoms with van der Waals surface area (Å²) in [4.78, 5) is 23.3. The van der Waals surface area contributed by atoms with E-state index in [0.29, 0.717) is 24.2 Å². The average molecular weight is 401 g/mol. The molecule has 28 heavy (non-hydrogen) atoms. The Morgan fingerprint density at radius 1 is 1.14 bits per heavy atom. The molecule has 9 heteroatoms. The predicted molar refractivity (Wildman–Crippen MR) is 107 cm³/mol. The number of carbonyl (C=O) groups excluding carboxylic acids is 1. The first-order valence-corrected chi connectivity index (χ1v) is 11.2. The molecule has 0 saturated carbocycles. The van der Waals surface area contributed by atoms with Gasteiger partial charge >= 0.3 is 0 Å².